The number of hydrogen-bond acceptors (Lipinski definition) is 4. The Morgan fingerprint density at radius 3 is 2.31 bits per heavy atom. The van der Waals surface area contributed by atoms with Gasteiger partial charge in [-0.05, 0) is 54.4 Å². The zero-order valence-corrected chi connectivity index (χ0v) is 15.8. The molecule has 0 aliphatic heterocycles. The van der Waals surface area contributed by atoms with Crippen LogP contribution in [0.5, 0.6) is 0 Å². The van der Waals surface area contributed by atoms with Gasteiger partial charge in [0.15, 0.2) is 0 Å². The molecule has 0 fully saturated rings. The summed E-state index contributed by atoms with van der Waals surface area (Å²) >= 11 is 0. The minimum absolute atomic E-state index is 0.00901. The number of nitriles is 1. The highest BCUT2D eigenvalue weighted by Crippen LogP contribution is 2.38. The molecule has 1 heterocycles. The van der Waals surface area contributed by atoms with Crippen molar-refractivity contribution >= 4 is 15.8 Å². The molecule has 0 saturated heterocycles. The first-order valence-corrected chi connectivity index (χ1v) is 9.77. The van der Waals surface area contributed by atoms with E-state index in [0.717, 1.165) is 12.1 Å². The smallest absolute Gasteiger partial charge is 0.263 e. The van der Waals surface area contributed by atoms with Crippen LogP contribution in [0.3, 0.4) is 0 Å². The Morgan fingerprint density at radius 2 is 1.72 bits per heavy atom. The van der Waals surface area contributed by atoms with Gasteiger partial charge in [-0.15, -0.1) is 0 Å². The zero-order chi connectivity index (χ0) is 21.2. The first kappa shape index (κ1) is 20.4. The summed E-state index contributed by atoms with van der Waals surface area (Å²) in [6.45, 7) is 1.66. The molecule has 1 N–H and O–H groups in total. The van der Waals surface area contributed by atoms with Gasteiger partial charge in [0.05, 0.1) is 22.1 Å². The predicted molar refractivity (Wildman–Crippen MR) is 101 cm³/mol. The summed E-state index contributed by atoms with van der Waals surface area (Å²) in [5.41, 5.74) is -0.209. The van der Waals surface area contributed by atoms with Crippen molar-refractivity contribution in [2.45, 2.75) is 18.0 Å². The molecule has 0 radical (unpaired) electrons. The first-order valence-electron chi connectivity index (χ1n) is 8.28. The van der Waals surface area contributed by atoms with E-state index < -0.39 is 26.7 Å². The molecule has 0 saturated carbocycles. The van der Waals surface area contributed by atoms with E-state index in [1.807, 2.05) is 6.07 Å². The van der Waals surface area contributed by atoms with Gasteiger partial charge in [-0.1, -0.05) is 24.3 Å². The molecule has 0 aliphatic carbocycles. The lowest BCUT2D eigenvalue weighted by Gasteiger charge is -2.15. The second-order valence-electron chi connectivity index (χ2n) is 6.16. The van der Waals surface area contributed by atoms with E-state index in [0.29, 0.717) is 17.3 Å². The number of alkyl halides is 3. The average molecular weight is 417 g/mol. The second-order valence-corrected chi connectivity index (χ2v) is 7.85. The topological polar surface area (TPSA) is 82.9 Å². The van der Waals surface area contributed by atoms with Crippen LogP contribution in [0.15, 0.2) is 65.6 Å². The van der Waals surface area contributed by atoms with Crippen molar-refractivity contribution < 1.29 is 21.6 Å². The van der Waals surface area contributed by atoms with E-state index in [9.17, 15) is 21.6 Å². The highest BCUT2D eigenvalue weighted by atomic mass is 32.2. The van der Waals surface area contributed by atoms with Crippen molar-refractivity contribution in [1.29, 1.82) is 5.26 Å². The molecular weight excluding hydrogens is 403 g/mol. The van der Waals surface area contributed by atoms with E-state index in [-0.39, 0.29) is 16.9 Å². The minimum Gasteiger partial charge on any atom is -0.263 e. The molecule has 3 rings (SSSR count). The molecule has 3 aromatic rings. The summed E-state index contributed by atoms with van der Waals surface area (Å²) in [5.74, 6) is 0.00901. The number of rotatable bonds is 4. The molecule has 0 atom stereocenters. The number of nitrogens with zero attached hydrogens (tertiary/aromatic N) is 2. The number of nitrogens with one attached hydrogen (secondary N) is 1. The van der Waals surface area contributed by atoms with Crippen LogP contribution in [-0.2, 0) is 16.2 Å². The Bertz CT molecular complexity index is 1200. The molecule has 1 aromatic heterocycles. The first-order chi connectivity index (χ1) is 13.6. The van der Waals surface area contributed by atoms with Gasteiger partial charge in [0, 0.05) is 5.69 Å². The molecule has 2 aromatic carbocycles. The van der Waals surface area contributed by atoms with Crippen LogP contribution in [0, 0.1) is 18.3 Å². The normalized spacial score (nSPS) is 11.7. The molecular formula is C20H14F3N3O2S. The van der Waals surface area contributed by atoms with Gasteiger partial charge in [-0.25, -0.2) is 13.4 Å². The van der Waals surface area contributed by atoms with Crippen LogP contribution in [0.2, 0.25) is 0 Å². The lowest BCUT2D eigenvalue weighted by Crippen LogP contribution is -2.16. The highest BCUT2D eigenvalue weighted by molar-refractivity contribution is 7.92. The van der Waals surface area contributed by atoms with Gasteiger partial charge in [-0.3, -0.25) is 4.72 Å². The Morgan fingerprint density at radius 1 is 1.03 bits per heavy atom. The number of anilines is 1. The van der Waals surface area contributed by atoms with Gasteiger partial charge < -0.3 is 0 Å². The number of hydrogen-bond donors (Lipinski definition) is 1. The summed E-state index contributed by atoms with van der Waals surface area (Å²) in [5, 5.41) is 8.84. The van der Waals surface area contributed by atoms with Crippen LogP contribution in [0.4, 0.5) is 19.0 Å². The van der Waals surface area contributed by atoms with Crippen molar-refractivity contribution in [3.63, 3.8) is 0 Å². The van der Waals surface area contributed by atoms with Gasteiger partial charge in [0.2, 0.25) is 0 Å². The molecule has 0 bridgehead atoms. The van der Waals surface area contributed by atoms with Crippen molar-refractivity contribution in [2.75, 3.05) is 4.72 Å². The summed E-state index contributed by atoms with van der Waals surface area (Å²) in [6, 6.07) is 14.9. The number of pyridine rings is 1. The summed E-state index contributed by atoms with van der Waals surface area (Å²) in [7, 11) is -4.28. The number of benzene rings is 2. The van der Waals surface area contributed by atoms with Gasteiger partial charge >= 0.3 is 6.18 Å². The summed E-state index contributed by atoms with van der Waals surface area (Å²) in [4.78, 5) is 3.46. The fourth-order valence-corrected chi connectivity index (χ4v) is 3.72. The second kappa shape index (κ2) is 7.56. The van der Waals surface area contributed by atoms with Crippen LogP contribution in [0.25, 0.3) is 11.1 Å². The van der Waals surface area contributed by atoms with Gasteiger partial charge in [0.1, 0.15) is 5.82 Å². The Balaban J connectivity index is 2.06. The lowest BCUT2D eigenvalue weighted by atomic mass is 9.98. The maximum Gasteiger partial charge on any atom is 0.417 e. The molecule has 0 aliphatic rings. The van der Waals surface area contributed by atoms with E-state index in [1.165, 1.54) is 30.3 Å². The van der Waals surface area contributed by atoms with Gasteiger partial charge in [0.25, 0.3) is 10.0 Å². The van der Waals surface area contributed by atoms with Crippen LogP contribution in [0.1, 0.15) is 16.8 Å². The van der Waals surface area contributed by atoms with Crippen molar-refractivity contribution in [3.05, 3.63) is 77.5 Å². The van der Waals surface area contributed by atoms with Gasteiger partial charge in [-0.2, -0.15) is 18.4 Å². The SMILES string of the molecule is Cc1cccc(NS(=O)(=O)c2ccc(-c3ccc(C#N)cc3)c(C(F)(F)F)c2)n1. The summed E-state index contributed by atoms with van der Waals surface area (Å²) in [6.07, 6.45) is -4.78. The van der Waals surface area contributed by atoms with Crippen LogP contribution < -0.4 is 4.72 Å². The largest absolute Gasteiger partial charge is 0.417 e. The van der Waals surface area contributed by atoms with Crippen LogP contribution >= 0.6 is 0 Å². The number of aryl methyl sites for hydroxylation is 1. The fourth-order valence-electron chi connectivity index (χ4n) is 2.70. The Kier molecular flexibility index (Phi) is 5.31. The standard InChI is InChI=1S/C20H14F3N3O2S/c1-13-3-2-4-19(25-13)26-29(27,28)16-9-10-17(18(11-16)20(21,22)23)15-7-5-14(12-24)6-8-15/h2-11H,1H3,(H,25,26). The van der Waals surface area contributed by atoms with Crippen molar-refractivity contribution in [3.8, 4) is 17.2 Å². The highest BCUT2D eigenvalue weighted by Gasteiger charge is 2.35. The van der Waals surface area contributed by atoms with E-state index in [2.05, 4.69) is 9.71 Å². The molecule has 0 amide bonds. The average Bonchev–Trinajstić information content (AvgIpc) is 2.66. The van der Waals surface area contributed by atoms with Crippen molar-refractivity contribution in [1.82, 2.24) is 4.98 Å². The monoisotopic (exact) mass is 417 g/mol. The molecule has 0 unspecified atom stereocenters. The van der Waals surface area contributed by atoms with E-state index >= 15 is 0 Å². The maximum atomic E-state index is 13.6. The molecule has 0 spiro atoms. The third kappa shape index (κ3) is 4.55. The molecule has 29 heavy (non-hydrogen) atoms. The third-order valence-corrected chi connectivity index (χ3v) is 5.41. The molecule has 5 nitrogen and oxygen atoms in total. The van der Waals surface area contributed by atoms with Crippen molar-refractivity contribution in [2.24, 2.45) is 0 Å². The Hall–Kier alpha value is -3.38. The number of halogens is 3. The van der Waals surface area contributed by atoms with E-state index in [1.54, 1.807) is 19.1 Å². The quantitative estimate of drug-likeness (QED) is 0.664. The lowest BCUT2D eigenvalue weighted by molar-refractivity contribution is -0.137. The Labute approximate surface area is 165 Å². The minimum atomic E-state index is -4.78. The fraction of sp³-hybridized carbons (Fsp3) is 0.100. The maximum absolute atomic E-state index is 13.6. The number of sulfonamides is 1. The summed E-state index contributed by atoms with van der Waals surface area (Å²) < 4.78 is 68.3. The number of aromatic nitrogens is 1. The molecule has 148 valence electrons. The van der Waals surface area contributed by atoms with Crippen LogP contribution in [-0.4, -0.2) is 13.4 Å². The third-order valence-electron chi connectivity index (χ3n) is 4.06. The van der Waals surface area contributed by atoms with E-state index in [4.69, 9.17) is 5.26 Å². The predicted octanol–water partition coefficient (Wildman–Crippen LogP) is 4.75. The zero-order valence-electron chi connectivity index (χ0n) is 15.0. The molecule has 9 heteroatoms.